The topological polar surface area (TPSA) is 76.7 Å². The summed E-state index contributed by atoms with van der Waals surface area (Å²) >= 11 is 1.57. The average Bonchev–Trinajstić information content (AvgIpc) is 2.79. The third kappa shape index (κ3) is 2.66. The van der Waals surface area contributed by atoms with E-state index in [1.54, 1.807) is 11.8 Å². The van der Waals surface area contributed by atoms with Crippen molar-refractivity contribution in [3.8, 4) is 0 Å². The summed E-state index contributed by atoms with van der Waals surface area (Å²) in [6.07, 6.45) is 4.78. The average molecular weight is 223 g/mol. The molecular formula is C8H9N5OS. The first-order valence-corrected chi connectivity index (χ1v) is 5.46. The highest BCUT2D eigenvalue weighted by Crippen LogP contribution is 2.13. The van der Waals surface area contributed by atoms with Crippen molar-refractivity contribution in [3.05, 3.63) is 24.6 Å². The smallest absolute Gasteiger partial charge is 0.213 e. The van der Waals surface area contributed by atoms with Crippen LogP contribution in [0.2, 0.25) is 0 Å². The minimum Gasteiger partial charge on any atom is -0.363 e. The Balaban J connectivity index is 1.98. The zero-order valence-corrected chi connectivity index (χ0v) is 8.86. The maximum absolute atomic E-state index is 4.61. The second-order valence-corrected chi connectivity index (χ2v) is 3.47. The van der Waals surface area contributed by atoms with Crippen LogP contribution in [0.25, 0.3) is 0 Å². The minimum absolute atomic E-state index is 0.487. The summed E-state index contributed by atoms with van der Waals surface area (Å²) in [6.45, 7) is 0.487. The van der Waals surface area contributed by atoms with E-state index in [0.717, 1.165) is 10.8 Å². The first-order chi connectivity index (χ1) is 7.38. The van der Waals surface area contributed by atoms with Gasteiger partial charge in [0.25, 0.3) is 0 Å². The van der Waals surface area contributed by atoms with Crippen LogP contribution in [0.4, 0.5) is 5.82 Å². The Hall–Kier alpha value is -1.63. The number of nitrogens with one attached hydrogen (secondary N) is 1. The van der Waals surface area contributed by atoms with Gasteiger partial charge in [-0.3, -0.25) is 0 Å². The summed E-state index contributed by atoms with van der Waals surface area (Å²) in [6, 6.07) is 1.87. The summed E-state index contributed by atoms with van der Waals surface area (Å²) in [5.74, 6) is 1.35. The molecule has 0 radical (unpaired) electrons. The summed E-state index contributed by atoms with van der Waals surface area (Å²) in [5.41, 5.74) is 0. The Morgan fingerprint density at radius 3 is 3.07 bits per heavy atom. The fourth-order valence-electron chi connectivity index (χ4n) is 0.988. The quantitative estimate of drug-likeness (QED) is 0.616. The number of hydrogen-bond donors (Lipinski definition) is 1. The second-order valence-electron chi connectivity index (χ2n) is 2.65. The Morgan fingerprint density at radius 2 is 2.33 bits per heavy atom. The lowest BCUT2D eigenvalue weighted by Gasteiger charge is -2.02. The molecule has 0 bridgehead atoms. The molecule has 0 aliphatic carbocycles. The molecule has 1 N–H and O–H groups in total. The van der Waals surface area contributed by atoms with Gasteiger partial charge in [-0.15, -0.1) is 11.8 Å². The molecule has 78 valence electrons. The number of aromatic nitrogens is 4. The van der Waals surface area contributed by atoms with E-state index in [0.29, 0.717) is 12.4 Å². The normalized spacial score (nSPS) is 10.2. The molecule has 0 spiro atoms. The molecule has 2 aromatic rings. The van der Waals surface area contributed by atoms with Gasteiger partial charge in [-0.05, 0) is 6.26 Å². The summed E-state index contributed by atoms with van der Waals surface area (Å²) in [4.78, 5) is 12.0. The zero-order valence-electron chi connectivity index (χ0n) is 8.04. The third-order valence-electron chi connectivity index (χ3n) is 1.69. The van der Waals surface area contributed by atoms with Gasteiger partial charge in [-0.1, -0.05) is 5.16 Å². The van der Waals surface area contributed by atoms with Crippen molar-refractivity contribution in [2.24, 2.45) is 0 Å². The van der Waals surface area contributed by atoms with Crippen LogP contribution in [0, 0.1) is 0 Å². The summed E-state index contributed by atoms with van der Waals surface area (Å²) < 4.78 is 4.61. The molecule has 0 saturated heterocycles. The van der Waals surface area contributed by atoms with E-state index in [2.05, 4.69) is 29.9 Å². The van der Waals surface area contributed by atoms with Crippen LogP contribution in [0.15, 0.2) is 28.3 Å². The Kier molecular flexibility index (Phi) is 3.13. The fraction of sp³-hybridized carbons (Fsp3) is 0.250. The van der Waals surface area contributed by atoms with Crippen LogP contribution in [-0.4, -0.2) is 26.4 Å². The molecule has 0 aliphatic heterocycles. The fourth-order valence-corrected chi connectivity index (χ4v) is 1.37. The maximum atomic E-state index is 4.61. The van der Waals surface area contributed by atoms with Crippen molar-refractivity contribution in [1.29, 1.82) is 0 Å². The molecule has 0 aliphatic rings. The molecule has 6 nitrogen and oxygen atoms in total. The Morgan fingerprint density at radius 1 is 1.40 bits per heavy atom. The maximum Gasteiger partial charge on any atom is 0.213 e. The first-order valence-electron chi connectivity index (χ1n) is 4.23. The van der Waals surface area contributed by atoms with E-state index in [1.165, 1.54) is 12.7 Å². The monoisotopic (exact) mass is 223 g/mol. The van der Waals surface area contributed by atoms with Gasteiger partial charge >= 0.3 is 0 Å². The van der Waals surface area contributed by atoms with Gasteiger partial charge in [-0.25, -0.2) is 9.97 Å². The molecule has 15 heavy (non-hydrogen) atoms. The van der Waals surface area contributed by atoms with Gasteiger partial charge in [0.15, 0.2) is 5.82 Å². The Labute approximate surface area is 90.5 Å². The molecule has 7 heteroatoms. The molecule has 0 fully saturated rings. The highest BCUT2D eigenvalue weighted by atomic mass is 32.2. The van der Waals surface area contributed by atoms with Gasteiger partial charge in [0, 0.05) is 6.07 Å². The van der Waals surface area contributed by atoms with Gasteiger partial charge in [0.1, 0.15) is 17.2 Å². The highest BCUT2D eigenvalue weighted by molar-refractivity contribution is 7.98. The van der Waals surface area contributed by atoms with Crippen molar-refractivity contribution in [3.63, 3.8) is 0 Å². The van der Waals surface area contributed by atoms with Crippen molar-refractivity contribution >= 4 is 17.6 Å². The van der Waals surface area contributed by atoms with Crippen molar-refractivity contribution in [2.45, 2.75) is 11.6 Å². The van der Waals surface area contributed by atoms with Crippen LogP contribution in [-0.2, 0) is 6.54 Å². The van der Waals surface area contributed by atoms with Crippen LogP contribution in [0.3, 0.4) is 0 Å². The number of rotatable bonds is 4. The van der Waals surface area contributed by atoms with Gasteiger partial charge in [-0.2, -0.15) is 4.98 Å². The minimum atomic E-state index is 0.487. The highest BCUT2D eigenvalue weighted by Gasteiger charge is 2.00. The van der Waals surface area contributed by atoms with Crippen LogP contribution in [0.5, 0.6) is 0 Å². The number of nitrogens with zero attached hydrogens (tertiary/aromatic N) is 4. The van der Waals surface area contributed by atoms with Crippen LogP contribution in [0.1, 0.15) is 5.82 Å². The van der Waals surface area contributed by atoms with E-state index < -0.39 is 0 Å². The SMILES string of the molecule is CSc1cc(NCc2ncon2)ncn1. The first kappa shape index (κ1) is 9.91. The van der Waals surface area contributed by atoms with E-state index in [4.69, 9.17) is 0 Å². The van der Waals surface area contributed by atoms with Crippen molar-refractivity contribution < 1.29 is 4.52 Å². The van der Waals surface area contributed by atoms with Crippen molar-refractivity contribution in [1.82, 2.24) is 20.1 Å². The van der Waals surface area contributed by atoms with Gasteiger partial charge in [0.05, 0.1) is 6.54 Å². The van der Waals surface area contributed by atoms with Gasteiger partial charge in [0.2, 0.25) is 6.39 Å². The number of thioether (sulfide) groups is 1. The molecule has 2 heterocycles. The molecule has 0 atom stereocenters. The molecule has 0 unspecified atom stereocenters. The third-order valence-corrected chi connectivity index (χ3v) is 2.33. The van der Waals surface area contributed by atoms with E-state index in [9.17, 15) is 0 Å². The van der Waals surface area contributed by atoms with E-state index in [-0.39, 0.29) is 0 Å². The number of hydrogen-bond acceptors (Lipinski definition) is 7. The number of anilines is 1. The predicted octanol–water partition coefficient (Wildman–Crippen LogP) is 1.19. The lowest BCUT2D eigenvalue weighted by Crippen LogP contribution is -2.03. The largest absolute Gasteiger partial charge is 0.363 e. The lowest BCUT2D eigenvalue weighted by atomic mass is 10.5. The Bertz CT molecular complexity index is 419. The second kappa shape index (κ2) is 4.74. The molecule has 2 rings (SSSR count). The molecule has 0 aromatic carbocycles. The van der Waals surface area contributed by atoms with Crippen LogP contribution >= 0.6 is 11.8 Å². The molecular weight excluding hydrogens is 214 g/mol. The van der Waals surface area contributed by atoms with E-state index in [1.807, 2.05) is 12.3 Å². The molecule has 0 saturated carbocycles. The summed E-state index contributed by atoms with van der Waals surface area (Å²) in [7, 11) is 0. The predicted molar refractivity (Wildman–Crippen MR) is 55.4 cm³/mol. The summed E-state index contributed by atoms with van der Waals surface area (Å²) in [5, 5.41) is 7.67. The molecule has 2 aromatic heterocycles. The van der Waals surface area contributed by atoms with Gasteiger partial charge < -0.3 is 9.84 Å². The standard InChI is InChI=1S/C8H9N5OS/c1-15-8-2-6(10-4-11-8)9-3-7-12-5-14-13-7/h2,4-5H,3H2,1H3,(H,9,10,11). The molecule has 0 amide bonds. The van der Waals surface area contributed by atoms with E-state index >= 15 is 0 Å². The van der Waals surface area contributed by atoms with Crippen LogP contribution < -0.4 is 5.32 Å². The zero-order chi connectivity index (χ0) is 10.5. The van der Waals surface area contributed by atoms with Crippen molar-refractivity contribution in [2.75, 3.05) is 11.6 Å². The lowest BCUT2D eigenvalue weighted by molar-refractivity contribution is 0.411.